The van der Waals surface area contributed by atoms with Gasteiger partial charge in [0, 0.05) is 12.7 Å². The second-order valence-electron chi connectivity index (χ2n) is 7.45. The minimum Gasteiger partial charge on any atom is -0.360 e. The van der Waals surface area contributed by atoms with Gasteiger partial charge in [0.15, 0.2) is 6.54 Å². The zero-order chi connectivity index (χ0) is 19.5. The van der Waals surface area contributed by atoms with Crippen molar-refractivity contribution in [1.82, 2.24) is 9.88 Å². The SMILES string of the molecule is C[C@@H](c1nc2ccccc2s1)N(C)C(=O)C[NH+]1CCN(c2ccccc2)CC1. The number of benzene rings is 2. The summed E-state index contributed by atoms with van der Waals surface area (Å²) in [5.41, 5.74) is 2.28. The molecule has 1 aliphatic rings. The van der Waals surface area contributed by atoms with E-state index >= 15 is 0 Å². The maximum absolute atomic E-state index is 12.9. The minimum atomic E-state index is -0.00472. The molecule has 1 aliphatic heterocycles. The highest BCUT2D eigenvalue weighted by Crippen LogP contribution is 2.28. The standard InChI is InChI=1S/C22H26N4OS/c1-17(22-23-19-10-6-7-11-20(19)28-22)24(2)21(27)16-25-12-14-26(15-13-25)18-8-4-3-5-9-18/h3-11,17H,12-16H2,1-2H3/p+1/t17-/m0/s1. The van der Waals surface area contributed by atoms with Crippen LogP contribution in [0, 0.1) is 0 Å². The molecule has 0 radical (unpaired) electrons. The first kappa shape index (κ1) is 18.9. The molecule has 6 heteroatoms. The van der Waals surface area contributed by atoms with Crippen molar-refractivity contribution >= 4 is 33.1 Å². The molecule has 1 aromatic heterocycles. The summed E-state index contributed by atoms with van der Waals surface area (Å²) >= 11 is 1.68. The Kier molecular flexibility index (Phi) is 5.59. The van der Waals surface area contributed by atoms with Crippen LogP contribution in [-0.2, 0) is 4.79 Å². The molecule has 0 spiro atoms. The maximum atomic E-state index is 12.9. The Bertz CT molecular complexity index is 901. The van der Waals surface area contributed by atoms with Crippen LogP contribution < -0.4 is 9.80 Å². The summed E-state index contributed by atoms with van der Waals surface area (Å²) in [5, 5.41) is 1.00. The van der Waals surface area contributed by atoms with Crippen molar-refractivity contribution in [2.24, 2.45) is 0 Å². The second kappa shape index (κ2) is 8.29. The summed E-state index contributed by atoms with van der Waals surface area (Å²) in [6.45, 7) is 6.58. The number of carbonyl (C=O) groups excluding carboxylic acids is 1. The first-order chi connectivity index (χ1) is 13.6. The molecule has 0 saturated carbocycles. The number of amides is 1. The van der Waals surface area contributed by atoms with Gasteiger partial charge in [0.05, 0.1) is 42.4 Å². The molecular weight excluding hydrogens is 368 g/mol. The van der Waals surface area contributed by atoms with E-state index in [1.54, 1.807) is 11.3 Å². The number of fused-ring (bicyclic) bond motifs is 1. The molecule has 1 saturated heterocycles. The summed E-state index contributed by atoms with van der Waals surface area (Å²) in [5.74, 6) is 0.190. The third kappa shape index (κ3) is 4.03. The second-order valence-corrected chi connectivity index (χ2v) is 8.51. The van der Waals surface area contributed by atoms with Crippen LogP contribution in [0.15, 0.2) is 54.6 Å². The van der Waals surface area contributed by atoms with Gasteiger partial charge >= 0.3 is 0 Å². The third-order valence-corrected chi connectivity index (χ3v) is 6.84. The van der Waals surface area contributed by atoms with Crippen molar-refractivity contribution in [1.29, 1.82) is 0 Å². The lowest BCUT2D eigenvalue weighted by atomic mass is 10.2. The topological polar surface area (TPSA) is 40.9 Å². The number of hydrogen-bond acceptors (Lipinski definition) is 4. The fourth-order valence-electron chi connectivity index (χ4n) is 3.69. The van der Waals surface area contributed by atoms with Gasteiger partial charge in [-0.1, -0.05) is 30.3 Å². The molecule has 0 bridgehead atoms. The molecule has 0 aliphatic carbocycles. The zero-order valence-electron chi connectivity index (χ0n) is 16.5. The Morgan fingerprint density at radius 3 is 2.54 bits per heavy atom. The van der Waals surface area contributed by atoms with Crippen molar-refractivity contribution in [3.8, 4) is 0 Å². The molecule has 1 amide bonds. The largest absolute Gasteiger partial charge is 0.360 e. The summed E-state index contributed by atoms with van der Waals surface area (Å²) in [6.07, 6.45) is 0. The van der Waals surface area contributed by atoms with Crippen LogP contribution >= 0.6 is 11.3 Å². The maximum Gasteiger partial charge on any atom is 0.278 e. The van der Waals surface area contributed by atoms with Gasteiger partial charge in [-0.3, -0.25) is 4.79 Å². The quantitative estimate of drug-likeness (QED) is 0.720. The average molecular weight is 396 g/mol. The van der Waals surface area contributed by atoms with Gasteiger partial charge in [-0.2, -0.15) is 0 Å². The van der Waals surface area contributed by atoms with Crippen molar-refractivity contribution in [2.45, 2.75) is 13.0 Å². The van der Waals surface area contributed by atoms with Gasteiger partial charge in [-0.15, -0.1) is 11.3 Å². The summed E-state index contributed by atoms with van der Waals surface area (Å²) in [6, 6.07) is 18.7. The number of para-hydroxylation sites is 2. The van der Waals surface area contributed by atoms with Gasteiger partial charge in [0.2, 0.25) is 0 Å². The molecule has 4 rings (SSSR count). The molecule has 1 N–H and O–H groups in total. The number of thiazole rings is 1. The summed E-state index contributed by atoms with van der Waals surface area (Å²) in [7, 11) is 1.90. The van der Waals surface area contributed by atoms with Crippen LogP contribution in [0.4, 0.5) is 5.69 Å². The Morgan fingerprint density at radius 2 is 1.82 bits per heavy atom. The fourth-order valence-corrected chi connectivity index (χ4v) is 4.75. The van der Waals surface area contributed by atoms with E-state index in [4.69, 9.17) is 4.98 Å². The molecule has 0 unspecified atom stereocenters. The monoisotopic (exact) mass is 395 g/mol. The molecular formula is C22H27N4OS+. The molecule has 146 valence electrons. The van der Waals surface area contributed by atoms with Crippen molar-refractivity contribution < 1.29 is 9.69 Å². The van der Waals surface area contributed by atoms with E-state index in [0.717, 1.165) is 36.7 Å². The number of rotatable bonds is 5. The fraction of sp³-hybridized carbons (Fsp3) is 0.364. The summed E-state index contributed by atoms with van der Waals surface area (Å²) < 4.78 is 1.17. The predicted molar refractivity (Wildman–Crippen MR) is 115 cm³/mol. The Labute approximate surface area is 170 Å². The number of aromatic nitrogens is 1. The van der Waals surface area contributed by atoms with Gasteiger partial charge in [-0.05, 0) is 31.2 Å². The van der Waals surface area contributed by atoms with Gasteiger partial charge in [0.1, 0.15) is 5.01 Å². The number of likely N-dealkylation sites (N-methyl/N-ethyl adjacent to an activating group) is 1. The third-order valence-electron chi connectivity index (χ3n) is 5.64. The van der Waals surface area contributed by atoms with Crippen LogP contribution in [0.1, 0.15) is 18.0 Å². The summed E-state index contributed by atoms with van der Waals surface area (Å²) in [4.78, 5) is 23.2. The molecule has 3 aromatic rings. The first-order valence-corrected chi connectivity index (χ1v) is 10.7. The smallest absolute Gasteiger partial charge is 0.278 e. The normalized spacial score (nSPS) is 16.3. The van der Waals surface area contributed by atoms with E-state index in [0.29, 0.717) is 6.54 Å². The minimum absolute atomic E-state index is 0.00472. The highest BCUT2D eigenvalue weighted by Gasteiger charge is 2.27. The van der Waals surface area contributed by atoms with E-state index in [9.17, 15) is 4.79 Å². The molecule has 2 aromatic carbocycles. The highest BCUT2D eigenvalue weighted by atomic mass is 32.1. The van der Waals surface area contributed by atoms with Crippen LogP contribution in [0.25, 0.3) is 10.2 Å². The van der Waals surface area contributed by atoms with E-state index in [-0.39, 0.29) is 11.9 Å². The molecule has 1 fully saturated rings. The van der Waals surface area contributed by atoms with Crippen LogP contribution in [0.5, 0.6) is 0 Å². The number of piperazine rings is 1. The van der Waals surface area contributed by atoms with Crippen molar-refractivity contribution in [3.05, 3.63) is 59.6 Å². The number of nitrogens with one attached hydrogen (secondary N) is 1. The Morgan fingerprint density at radius 1 is 1.14 bits per heavy atom. The van der Waals surface area contributed by atoms with Crippen LogP contribution in [-0.4, -0.2) is 55.6 Å². The number of hydrogen-bond donors (Lipinski definition) is 1. The number of carbonyl (C=O) groups is 1. The first-order valence-electron chi connectivity index (χ1n) is 9.86. The van der Waals surface area contributed by atoms with Crippen molar-refractivity contribution in [2.75, 3.05) is 44.7 Å². The lowest BCUT2D eigenvalue weighted by Gasteiger charge is -2.34. The van der Waals surface area contributed by atoms with Crippen LogP contribution in [0.3, 0.4) is 0 Å². The Hall–Kier alpha value is -2.44. The molecule has 28 heavy (non-hydrogen) atoms. The highest BCUT2D eigenvalue weighted by molar-refractivity contribution is 7.18. The van der Waals surface area contributed by atoms with E-state index in [1.807, 2.05) is 36.2 Å². The van der Waals surface area contributed by atoms with Gasteiger partial charge < -0.3 is 14.7 Å². The van der Waals surface area contributed by atoms with E-state index < -0.39 is 0 Å². The van der Waals surface area contributed by atoms with E-state index in [2.05, 4.69) is 42.2 Å². The lowest BCUT2D eigenvalue weighted by molar-refractivity contribution is -0.892. The predicted octanol–water partition coefficient (Wildman–Crippen LogP) is 2.22. The number of nitrogens with zero attached hydrogens (tertiary/aromatic N) is 3. The molecule has 5 nitrogen and oxygen atoms in total. The zero-order valence-corrected chi connectivity index (χ0v) is 17.3. The lowest BCUT2D eigenvalue weighted by Crippen LogP contribution is -3.15. The number of anilines is 1. The van der Waals surface area contributed by atoms with Gasteiger partial charge in [0.25, 0.3) is 5.91 Å². The van der Waals surface area contributed by atoms with Crippen LogP contribution in [0.2, 0.25) is 0 Å². The van der Waals surface area contributed by atoms with Gasteiger partial charge in [-0.25, -0.2) is 4.98 Å². The molecule has 1 atom stereocenters. The average Bonchev–Trinajstić information content (AvgIpc) is 3.18. The molecule has 2 heterocycles. The Balaban J connectivity index is 1.33. The van der Waals surface area contributed by atoms with E-state index in [1.165, 1.54) is 15.3 Å². The number of quaternary nitrogens is 1. The van der Waals surface area contributed by atoms with Crippen molar-refractivity contribution in [3.63, 3.8) is 0 Å².